The van der Waals surface area contributed by atoms with Crippen LogP contribution in [0.5, 0.6) is 11.5 Å². The summed E-state index contributed by atoms with van der Waals surface area (Å²) in [5.74, 6) is 1.81. The van der Waals surface area contributed by atoms with E-state index < -0.39 is 8.07 Å². The Kier molecular flexibility index (Phi) is 8.59. The summed E-state index contributed by atoms with van der Waals surface area (Å²) in [6.45, 7) is 2.14. The molecule has 0 aromatic heterocycles. The molecule has 4 heteroatoms. The van der Waals surface area contributed by atoms with Crippen molar-refractivity contribution in [3.8, 4) is 56.0 Å². The molecule has 2 nitrogen and oxygen atoms in total. The third-order valence-electron chi connectivity index (χ3n) is 14.1. The van der Waals surface area contributed by atoms with E-state index in [0.717, 1.165) is 28.4 Å². The number of fused-ring (bicyclic) bond motifs is 7. The lowest BCUT2D eigenvalue weighted by Gasteiger charge is -2.41. The highest BCUT2D eigenvalue weighted by molar-refractivity contribution is 7.22. The van der Waals surface area contributed by atoms with Gasteiger partial charge in [0.25, 0.3) is 6.71 Å². The van der Waals surface area contributed by atoms with Crippen LogP contribution in [0.3, 0.4) is 0 Å². The van der Waals surface area contributed by atoms with E-state index in [1.165, 1.54) is 87.3 Å². The minimum atomic E-state index is -2.82. The summed E-state index contributed by atoms with van der Waals surface area (Å²) in [5, 5.41) is 5.66. The van der Waals surface area contributed by atoms with Crippen LogP contribution in [-0.2, 0) is 0 Å². The first kappa shape index (κ1) is 37.6. The zero-order chi connectivity index (χ0) is 43.1. The lowest BCUT2D eigenvalue weighted by Crippen LogP contribution is -2.73. The molecule has 10 aromatic rings. The van der Waals surface area contributed by atoms with Gasteiger partial charge >= 0.3 is 0 Å². The summed E-state index contributed by atoms with van der Waals surface area (Å²) in [5.41, 5.74) is 18.0. The number of para-hydroxylation sites is 1. The maximum atomic E-state index is 7.12. The Morgan fingerprint density at radius 3 is 1.62 bits per heavy atom. The van der Waals surface area contributed by atoms with Crippen LogP contribution in [0.15, 0.2) is 237 Å². The first-order valence-corrected chi connectivity index (χ1v) is 24.6. The van der Waals surface area contributed by atoms with Crippen LogP contribution in [0, 0.1) is 6.92 Å². The number of rotatable bonds is 6. The summed E-state index contributed by atoms with van der Waals surface area (Å²) in [7, 11) is -2.82. The van der Waals surface area contributed by atoms with Gasteiger partial charge in [-0.2, -0.15) is 0 Å². The predicted octanol–water partition coefficient (Wildman–Crippen LogP) is 10.8. The fourth-order valence-corrected chi connectivity index (χ4v) is 16.5. The maximum absolute atomic E-state index is 7.12. The highest BCUT2D eigenvalue weighted by Gasteiger charge is 2.51. The quantitative estimate of drug-likeness (QED) is 0.155. The van der Waals surface area contributed by atoms with Gasteiger partial charge in [0.15, 0.2) is 8.07 Å². The van der Waals surface area contributed by atoms with Crippen molar-refractivity contribution >= 4 is 69.0 Å². The lowest BCUT2D eigenvalue weighted by atomic mass is 9.34. The second-order valence-electron chi connectivity index (χ2n) is 17.6. The Morgan fingerprint density at radius 2 is 0.954 bits per heavy atom. The van der Waals surface area contributed by atoms with Gasteiger partial charge in [-0.15, -0.1) is 0 Å². The number of hydrogen-bond donors (Lipinski definition) is 0. The zero-order valence-electron chi connectivity index (χ0n) is 35.9. The smallest absolute Gasteiger partial charge is 0.256 e. The van der Waals surface area contributed by atoms with E-state index in [1.54, 1.807) is 0 Å². The number of benzene rings is 10. The predicted molar refractivity (Wildman–Crippen MR) is 276 cm³/mol. The molecule has 0 bridgehead atoms. The summed E-state index contributed by atoms with van der Waals surface area (Å²) in [6, 6.07) is 88.1. The van der Waals surface area contributed by atoms with Crippen molar-refractivity contribution in [1.29, 1.82) is 0 Å². The molecule has 0 aliphatic carbocycles. The Hall–Kier alpha value is -7.92. The average Bonchev–Trinajstić information content (AvgIpc) is 3.66. The van der Waals surface area contributed by atoms with Crippen LogP contribution in [0.2, 0.25) is 0 Å². The summed E-state index contributed by atoms with van der Waals surface area (Å²) >= 11 is 0. The molecule has 10 aromatic carbocycles. The highest BCUT2D eigenvalue weighted by atomic mass is 28.3. The number of ether oxygens (including phenoxy) is 1. The van der Waals surface area contributed by atoms with Crippen LogP contribution >= 0.6 is 0 Å². The molecular weight excluding hydrogens is 802 g/mol. The fraction of sp³-hybridized carbons (Fsp3) is 0.0164. The first-order chi connectivity index (χ1) is 32.1. The second kappa shape index (κ2) is 14.8. The number of hydrogen-bond acceptors (Lipinski definition) is 2. The van der Waals surface area contributed by atoms with E-state index >= 15 is 0 Å². The molecule has 13 rings (SSSR count). The Labute approximate surface area is 381 Å². The third-order valence-corrected chi connectivity index (χ3v) is 19.0. The van der Waals surface area contributed by atoms with Gasteiger partial charge in [-0.05, 0) is 137 Å². The number of anilines is 3. The first-order valence-electron chi connectivity index (χ1n) is 22.6. The Bertz CT molecular complexity index is 3380. The van der Waals surface area contributed by atoms with Gasteiger partial charge in [0, 0.05) is 17.1 Å². The minimum absolute atomic E-state index is 0.0692. The lowest BCUT2D eigenvalue weighted by molar-refractivity contribution is 0.488. The van der Waals surface area contributed by atoms with E-state index in [9.17, 15) is 0 Å². The number of nitrogens with zero attached hydrogens (tertiary/aromatic N) is 1. The zero-order valence-corrected chi connectivity index (χ0v) is 36.9. The van der Waals surface area contributed by atoms with Crippen LogP contribution in [0.4, 0.5) is 17.1 Å². The second-order valence-corrected chi connectivity index (χ2v) is 21.3. The molecule has 0 saturated carbocycles. The summed E-state index contributed by atoms with van der Waals surface area (Å²) < 4.78 is 7.12. The summed E-state index contributed by atoms with van der Waals surface area (Å²) in [4.78, 5) is 2.57. The van der Waals surface area contributed by atoms with Crippen LogP contribution in [0.1, 0.15) is 5.56 Å². The normalized spacial score (nSPS) is 13.5. The average molecular weight is 844 g/mol. The standard InChI is InChI=1S/C61H42BNOSi/c1-41-20-14-15-29-50(41)46-37-56-61-58(38-46)64-57-32-18-17-31-53(57)62(61)54-40-60-52(51-30-16-19-33-59(51)65(60,48-25-10-4-11-26-48)49-27-12-5-13-28-49)39-55(54)63(56)47-35-44(42-21-6-2-7-22-42)34-45(36-47)43-23-8-3-9-24-43/h2-40H,1H3. The molecule has 0 atom stereocenters. The van der Waals surface area contributed by atoms with E-state index in [1.807, 2.05) is 0 Å². The van der Waals surface area contributed by atoms with Crippen LogP contribution in [0.25, 0.3) is 44.5 Å². The van der Waals surface area contributed by atoms with Crippen LogP contribution in [-0.4, -0.2) is 14.8 Å². The molecule has 0 amide bonds. The Morgan fingerprint density at radius 1 is 0.385 bits per heavy atom. The van der Waals surface area contributed by atoms with Crippen molar-refractivity contribution in [2.75, 3.05) is 4.90 Å². The largest absolute Gasteiger partial charge is 0.458 e. The van der Waals surface area contributed by atoms with E-state index in [0.29, 0.717) is 0 Å². The fourth-order valence-electron chi connectivity index (χ4n) is 11.3. The minimum Gasteiger partial charge on any atom is -0.458 e. The number of aryl methyl sites for hydroxylation is 1. The van der Waals surface area contributed by atoms with Crippen molar-refractivity contribution in [3.05, 3.63) is 242 Å². The van der Waals surface area contributed by atoms with E-state index in [2.05, 4.69) is 248 Å². The van der Waals surface area contributed by atoms with Crippen LogP contribution < -0.4 is 46.8 Å². The SMILES string of the molecule is Cc1ccccc1-c1cc2c3c(c1)N(c1cc(-c4ccccc4)cc(-c4ccccc4)c1)c1cc4c(cc1B3c1ccccc1O2)[Si](c1ccccc1)(c1ccccc1)c1ccccc1-4. The summed E-state index contributed by atoms with van der Waals surface area (Å²) in [6.07, 6.45) is 0. The molecule has 3 heterocycles. The molecule has 3 aliphatic heterocycles. The molecule has 0 N–H and O–H groups in total. The molecule has 3 aliphatic rings. The molecule has 304 valence electrons. The Balaban J connectivity index is 1.17. The van der Waals surface area contributed by atoms with Gasteiger partial charge in [0.2, 0.25) is 0 Å². The third kappa shape index (κ3) is 5.74. The van der Waals surface area contributed by atoms with Gasteiger partial charge in [-0.3, -0.25) is 0 Å². The highest BCUT2D eigenvalue weighted by Crippen LogP contribution is 2.46. The van der Waals surface area contributed by atoms with Gasteiger partial charge in [-0.25, -0.2) is 0 Å². The van der Waals surface area contributed by atoms with E-state index in [-0.39, 0.29) is 6.71 Å². The van der Waals surface area contributed by atoms with E-state index in [4.69, 9.17) is 4.74 Å². The molecule has 0 fully saturated rings. The van der Waals surface area contributed by atoms with Gasteiger partial charge in [0.1, 0.15) is 11.5 Å². The molecule has 0 radical (unpaired) electrons. The monoisotopic (exact) mass is 843 g/mol. The maximum Gasteiger partial charge on any atom is 0.256 e. The molecule has 0 saturated heterocycles. The molecule has 0 unspecified atom stereocenters. The van der Waals surface area contributed by atoms with Crippen molar-refractivity contribution < 1.29 is 4.74 Å². The molecular formula is C61H42BNOSi. The van der Waals surface area contributed by atoms with Crippen molar-refractivity contribution in [2.24, 2.45) is 0 Å². The van der Waals surface area contributed by atoms with Crippen molar-refractivity contribution in [1.82, 2.24) is 0 Å². The van der Waals surface area contributed by atoms with Gasteiger partial charge in [-0.1, -0.05) is 194 Å². The van der Waals surface area contributed by atoms with Crippen molar-refractivity contribution in [3.63, 3.8) is 0 Å². The van der Waals surface area contributed by atoms with Gasteiger partial charge in [0.05, 0.1) is 0 Å². The van der Waals surface area contributed by atoms with Crippen molar-refractivity contribution in [2.45, 2.75) is 6.92 Å². The topological polar surface area (TPSA) is 12.5 Å². The van der Waals surface area contributed by atoms with Gasteiger partial charge < -0.3 is 9.64 Å². The molecule has 0 spiro atoms. The molecule has 65 heavy (non-hydrogen) atoms.